The van der Waals surface area contributed by atoms with Gasteiger partial charge in [0.2, 0.25) is 10.0 Å². The molecule has 0 heterocycles. The Morgan fingerprint density at radius 2 is 1.59 bits per heavy atom. The van der Waals surface area contributed by atoms with Crippen LogP contribution in [0.5, 0.6) is 11.5 Å². The van der Waals surface area contributed by atoms with Crippen molar-refractivity contribution >= 4 is 10.0 Å². The molecule has 2 rings (SSSR count). The first kappa shape index (κ1) is 21.3. The summed E-state index contributed by atoms with van der Waals surface area (Å²) in [7, 11) is -0.495. The van der Waals surface area contributed by atoms with Crippen LogP contribution in [0.3, 0.4) is 0 Å². The van der Waals surface area contributed by atoms with Gasteiger partial charge in [0.25, 0.3) is 0 Å². The van der Waals surface area contributed by atoms with E-state index < -0.39 is 10.0 Å². The largest absolute Gasteiger partial charge is 0.497 e. The summed E-state index contributed by atoms with van der Waals surface area (Å²) in [6.45, 7) is 7.77. The minimum atomic E-state index is -3.68. The number of benzene rings is 2. The molecule has 0 aliphatic rings. The Balaban J connectivity index is 2.39. The summed E-state index contributed by atoms with van der Waals surface area (Å²) in [6, 6.07) is 10.6. The van der Waals surface area contributed by atoms with E-state index >= 15 is 0 Å². The van der Waals surface area contributed by atoms with Gasteiger partial charge in [-0.05, 0) is 67.1 Å². The number of aryl methyl sites for hydroxylation is 2. The van der Waals surface area contributed by atoms with Crippen molar-refractivity contribution in [1.29, 1.82) is 0 Å². The Morgan fingerprint density at radius 3 is 2.11 bits per heavy atom. The smallest absolute Gasteiger partial charge is 0.241 e. The van der Waals surface area contributed by atoms with Gasteiger partial charge in [-0.15, -0.1) is 0 Å². The van der Waals surface area contributed by atoms with E-state index in [1.54, 1.807) is 33.3 Å². The van der Waals surface area contributed by atoms with Crippen molar-refractivity contribution in [3.8, 4) is 11.5 Å². The highest BCUT2D eigenvalue weighted by Crippen LogP contribution is 2.29. The summed E-state index contributed by atoms with van der Waals surface area (Å²) in [6.07, 6.45) is 0.694. The van der Waals surface area contributed by atoms with E-state index in [0.29, 0.717) is 23.7 Å². The lowest BCUT2D eigenvalue weighted by molar-refractivity contribution is 0.411. The third-order valence-electron chi connectivity index (χ3n) is 4.50. The highest BCUT2D eigenvalue weighted by Gasteiger charge is 2.24. The van der Waals surface area contributed by atoms with Crippen LogP contribution in [0.1, 0.15) is 43.0 Å². The molecule has 2 aromatic carbocycles. The average Bonchev–Trinajstić information content (AvgIpc) is 2.62. The molecule has 0 amide bonds. The van der Waals surface area contributed by atoms with Gasteiger partial charge in [-0.1, -0.05) is 26.0 Å². The molecular weight excluding hydrogens is 362 g/mol. The standard InChI is InChI=1S/C21H29NO4S/c1-14(2)11-19(17-7-9-18(25-5)10-8-17)22-27(23,24)21-13-15(3)20(26-6)12-16(21)4/h7-10,12-14,19,22H,11H2,1-6H3/t19-/m1/s1. The first-order valence-corrected chi connectivity index (χ1v) is 10.5. The Kier molecular flexibility index (Phi) is 6.89. The first-order valence-electron chi connectivity index (χ1n) is 8.99. The van der Waals surface area contributed by atoms with Gasteiger partial charge in [0.15, 0.2) is 0 Å². The molecule has 148 valence electrons. The van der Waals surface area contributed by atoms with Crippen LogP contribution in [0.2, 0.25) is 0 Å². The molecular formula is C21H29NO4S. The topological polar surface area (TPSA) is 64.6 Å². The minimum absolute atomic E-state index is 0.281. The molecule has 1 atom stereocenters. The molecule has 0 saturated heterocycles. The van der Waals surface area contributed by atoms with E-state index in [1.807, 2.05) is 31.2 Å². The van der Waals surface area contributed by atoms with Gasteiger partial charge < -0.3 is 9.47 Å². The maximum atomic E-state index is 13.1. The zero-order valence-electron chi connectivity index (χ0n) is 16.9. The van der Waals surface area contributed by atoms with Crippen LogP contribution in [-0.4, -0.2) is 22.6 Å². The normalized spacial score (nSPS) is 12.9. The first-order chi connectivity index (χ1) is 12.7. The molecule has 0 bridgehead atoms. The SMILES string of the molecule is COc1ccc([C@@H](CC(C)C)NS(=O)(=O)c2cc(C)c(OC)cc2C)cc1. The zero-order valence-corrected chi connectivity index (χ0v) is 17.7. The highest BCUT2D eigenvalue weighted by atomic mass is 32.2. The van der Waals surface area contributed by atoms with E-state index in [9.17, 15) is 8.42 Å². The second kappa shape index (κ2) is 8.76. The van der Waals surface area contributed by atoms with E-state index in [1.165, 1.54) is 0 Å². The number of methoxy groups -OCH3 is 2. The summed E-state index contributed by atoms with van der Waals surface area (Å²) in [5.41, 5.74) is 2.35. The molecule has 5 nitrogen and oxygen atoms in total. The summed E-state index contributed by atoms with van der Waals surface area (Å²) in [4.78, 5) is 0.281. The minimum Gasteiger partial charge on any atom is -0.497 e. The maximum absolute atomic E-state index is 13.1. The molecule has 0 unspecified atom stereocenters. The molecule has 0 aromatic heterocycles. The second-order valence-corrected chi connectivity index (χ2v) is 8.85. The molecule has 0 radical (unpaired) electrons. The summed E-state index contributed by atoms with van der Waals surface area (Å²) < 4.78 is 39.6. The van der Waals surface area contributed by atoms with Crippen molar-refractivity contribution in [3.63, 3.8) is 0 Å². The number of hydrogen-bond acceptors (Lipinski definition) is 4. The quantitative estimate of drug-likeness (QED) is 0.725. The summed E-state index contributed by atoms with van der Waals surface area (Å²) >= 11 is 0. The van der Waals surface area contributed by atoms with Crippen LogP contribution in [-0.2, 0) is 10.0 Å². The fraction of sp³-hybridized carbons (Fsp3) is 0.429. The van der Waals surface area contributed by atoms with Crippen molar-refractivity contribution in [2.45, 2.75) is 45.1 Å². The molecule has 2 aromatic rings. The second-order valence-electron chi connectivity index (χ2n) is 7.16. The van der Waals surface area contributed by atoms with Gasteiger partial charge in [-0.3, -0.25) is 0 Å². The van der Waals surface area contributed by atoms with Crippen LogP contribution < -0.4 is 14.2 Å². The van der Waals surface area contributed by atoms with Gasteiger partial charge in [0, 0.05) is 6.04 Å². The average molecular weight is 392 g/mol. The number of hydrogen-bond donors (Lipinski definition) is 1. The van der Waals surface area contributed by atoms with Crippen molar-refractivity contribution in [2.24, 2.45) is 5.92 Å². The molecule has 0 fully saturated rings. The van der Waals surface area contributed by atoms with Gasteiger partial charge >= 0.3 is 0 Å². The highest BCUT2D eigenvalue weighted by molar-refractivity contribution is 7.89. The van der Waals surface area contributed by atoms with E-state index in [4.69, 9.17) is 9.47 Å². The number of sulfonamides is 1. The third kappa shape index (κ3) is 5.23. The predicted molar refractivity (Wildman–Crippen MR) is 108 cm³/mol. The van der Waals surface area contributed by atoms with Crippen molar-refractivity contribution in [2.75, 3.05) is 14.2 Å². The zero-order chi connectivity index (χ0) is 20.2. The summed E-state index contributed by atoms with van der Waals surface area (Å²) in [5.74, 6) is 1.75. The molecule has 1 N–H and O–H groups in total. The van der Waals surface area contributed by atoms with Crippen LogP contribution in [0.25, 0.3) is 0 Å². The number of rotatable bonds is 8. The molecule has 0 spiro atoms. The van der Waals surface area contributed by atoms with Crippen LogP contribution in [0.4, 0.5) is 0 Å². The van der Waals surface area contributed by atoms with Gasteiger partial charge in [0.1, 0.15) is 11.5 Å². The molecule has 27 heavy (non-hydrogen) atoms. The van der Waals surface area contributed by atoms with Crippen LogP contribution in [0, 0.1) is 19.8 Å². The summed E-state index contributed by atoms with van der Waals surface area (Å²) in [5, 5.41) is 0. The van der Waals surface area contributed by atoms with Gasteiger partial charge in [-0.2, -0.15) is 0 Å². The molecule has 0 saturated carbocycles. The molecule has 0 aliphatic heterocycles. The monoisotopic (exact) mass is 391 g/mol. The number of ether oxygens (including phenoxy) is 2. The molecule has 6 heteroatoms. The van der Waals surface area contributed by atoms with Crippen LogP contribution in [0.15, 0.2) is 41.3 Å². The predicted octanol–water partition coefficient (Wildman–Crippen LogP) is 4.39. The lowest BCUT2D eigenvalue weighted by atomic mass is 9.98. The van der Waals surface area contributed by atoms with E-state index in [0.717, 1.165) is 16.9 Å². The fourth-order valence-electron chi connectivity index (χ4n) is 3.08. The number of nitrogens with one attached hydrogen (secondary N) is 1. The maximum Gasteiger partial charge on any atom is 0.241 e. The Hall–Kier alpha value is -2.05. The van der Waals surface area contributed by atoms with Crippen LogP contribution >= 0.6 is 0 Å². The van der Waals surface area contributed by atoms with Gasteiger partial charge in [0.05, 0.1) is 19.1 Å². The van der Waals surface area contributed by atoms with Crippen molar-refractivity contribution in [1.82, 2.24) is 4.72 Å². The van der Waals surface area contributed by atoms with E-state index in [-0.39, 0.29) is 10.9 Å². The Labute approximate surface area is 162 Å². The lowest BCUT2D eigenvalue weighted by Gasteiger charge is -2.22. The van der Waals surface area contributed by atoms with E-state index in [2.05, 4.69) is 18.6 Å². The Morgan fingerprint density at radius 1 is 0.963 bits per heavy atom. The fourth-order valence-corrected chi connectivity index (χ4v) is 4.63. The molecule has 0 aliphatic carbocycles. The lowest BCUT2D eigenvalue weighted by Crippen LogP contribution is -2.30. The van der Waals surface area contributed by atoms with Gasteiger partial charge in [-0.25, -0.2) is 13.1 Å². The Bertz CT molecular complexity index is 874. The van der Waals surface area contributed by atoms with Crippen molar-refractivity contribution < 1.29 is 17.9 Å². The third-order valence-corrected chi connectivity index (χ3v) is 6.12. The van der Waals surface area contributed by atoms with Crippen molar-refractivity contribution in [3.05, 3.63) is 53.1 Å².